The first-order valence-electron chi connectivity index (χ1n) is 5.19. The molecule has 1 aromatic carbocycles. The van der Waals surface area contributed by atoms with E-state index < -0.39 is 11.7 Å². The molecular weight excluding hydrogens is 316 g/mol. The Morgan fingerprint density at radius 3 is 2.45 bits per heavy atom. The molecule has 9 heteroatoms. The molecular formula is C11H7Cl2F3N4. The summed E-state index contributed by atoms with van der Waals surface area (Å²) in [5.74, 6) is 0.202. The second-order valence-corrected chi connectivity index (χ2v) is 4.52. The summed E-state index contributed by atoms with van der Waals surface area (Å²) in [6, 6.07) is 2.88. The monoisotopic (exact) mass is 322 g/mol. The molecule has 0 aliphatic rings. The highest BCUT2D eigenvalue weighted by Gasteiger charge is 2.30. The summed E-state index contributed by atoms with van der Waals surface area (Å²) in [5.41, 5.74) is 4.86. The molecule has 0 unspecified atom stereocenters. The molecule has 1 heterocycles. The largest absolute Gasteiger partial charge is 0.416 e. The highest BCUT2D eigenvalue weighted by molar-refractivity contribution is 6.36. The standard InChI is InChI=1S/C11H7Cl2F3N4/c12-6-3-5(11(14,15)16)1-2-7(6)20-10-8(13)9(17)18-4-19-10/h1-4H,(H3,17,18,19,20). The fourth-order valence-corrected chi connectivity index (χ4v) is 1.76. The summed E-state index contributed by atoms with van der Waals surface area (Å²) in [7, 11) is 0. The van der Waals surface area contributed by atoms with Crippen molar-refractivity contribution in [3.63, 3.8) is 0 Å². The first-order chi connectivity index (χ1) is 9.29. The van der Waals surface area contributed by atoms with E-state index in [4.69, 9.17) is 28.9 Å². The normalized spacial score (nSPS) is 11.4. The Hall–Kier alpha value is -1.73. The van der Waals surface area contributed by atoms with Gasteiger partial charge in [0.25, 0.3) is 0 Å². The number of alkyl halides is 3. The molecule has 0 aliphatic carbocycles. The van der Waals surface area contributed by atoms with Gasteiger partial charge in [0.2, 0.25) is 0 Å². The molecule has 106 valence electrons. The topological polar surface area (TPSA) is 63.8 Å². The van der Waals surface area contributed by atoms with Crippen LogP contribution >= 0.6 is 23.2 Å². The average molecular weight is 323 g/mol. The third-order valence-corrected chi connectivity index (χ3v) is 3.05. The van der Waals surface area contributed by atoms with E-state index in [2.05, 4.69) is 15.3 Å². The Labute approximate surface area is 121 Å². The minimum absolute atomic E-state index is 0.0483. The molecule has 0 atom stereocenters. The maximum absolute atomic E-state index is 12.5. The number of hydrogen-bond donors (Lipinski definition) is 2. The van der Waals surface area contributed by atoms with Crippen LogP contribution in [0.4, 0.5) is 30.5 Å². The number of nitrogen functional groups attached to an aromatic ring is 1. The quantitative estimate of drug-likeness (QED) is 0.872. The van der Waals surface area contributed by atoms with E-state index in [-0.39, 0.29) is 27.4 Å². The molecule has 0 bridgehead atoms. The number of nitrogens with two attached hydrogens (primary N) is 1. The van der Waals surface area contributed by atoms with E-state index in [0.29, 0.717) is 0 Å². The minimum Gasteiger partial charge on any atom is -0.382 e. The Bertz CT molecular complexity index is 646. The van der Waals surface area contributed by atoms with E-state index in [0.717, 1.165) is 12.1 Å². The second-order valence-electron chi connectivity index (χ2n) is 3.74. The zero-order chi connectivity index (χ0) is 14.9. The Balaban J connectivity index is 2.33. The van der Waals surface area contributed by atoms with E-state index in [9.17, 15) is 13.2 Å². The molecule has 2 aromatic rings. The zero-order valence-electron chi connectivity index (χ0n) is 9.67. The molecule has 0 amide bonds. The van der Waals surface area contributed by atoms with Crippen LogP contribution in [0, 0.1) is 0 Å². The van der Waals surface area contributed by atoms with Crippen LogP contribution < -0.4 is 11.1 Å². The lowest BCUT2D eigenvalue weighted by molar-refractivity contribution is -0.137. The Morgan fingerprint density at radius 2 is 1.85 bits per heavy atom. The van der Waals surface area contributed by atoms with Crippen molar-refractivity contribution in [2.75, 3.05) is 11.1 Å². The number of rotatable bonds is 2. The molecule has 0 saturated heterocycles. The van der Waals surface area contributed by atoms with E-state index in [1.807, 2.05) is 0 Å². The highest BCUT2D eigenvalue weighted by Crippen LogP contribution is 2.35. The van der Waals surface area contributed by atoms with Crippen molar-refractivity contribution < 1.29 is 13.2 Å². The van der Waals surface area contributed by atoms with Crippen molar-refractivity contribution in [1.29, 1.82) is 0 Å². The molecule has 4 nitrogen and oxygen atoms in total. The average Bonchev–Trinajstić information content (AvgIpc) is 2.36. The van der Waals surface area contributed by atoms with E-state index in [1.165, 1.54) is 12.4 Å². The number of hydrogen-bond acceptors (Lipinski definition) is 4. The molecule has 0 fully saturated rings. The van der Waals surface area contributed by atoms with Crippen LogP contribution in [0.2, 0.25) is 10.0 Å². The number of nitrogens with zero attached hydrogens (tertiary/aromatic N) is 2. The SMILES string of the molecule is Nc1ncnc(Nc2ccc(C(F)(F)F)cc2Cl)c1Cl. The van der Waals surface area contributed by atoms with Gasteiger partial charge in [0.1, 0.15) is 17.2 Å². The molecule has 0 radical (unpaired) electrons. The lowest BCUT2D eigenvalue weighted by atomic mass is 10.2. The molecule has 20 heavy (non-hydrogen) atoms. The van der Waals surface area contributed by atoms with Gasteiger partial charge in [-0.3, -0.25) is 0 Å². The van der Waals surface area contributed by atoms with Crippen molar-refractivity contribution in [3.05, 3.63) is 40.1 Å². The summed E-state index contributed by atoms with van der Waals surface area (Å²) >= 11 is 11.7. The Morgan fingerprint density at radius 1 is 1.15 bits per heavy atom. The van der Waals surface area contributed by atoms with Crippen LogP contribution in [0.15, 0.2) is 24.5 Å². The van der Waals surface area contributed by atoms with Crippen molar-refractivity contribution in [2.24, 2.45) is 0 Å². The summed E-state index contributed by atoms with van der Waals surface area (Å²) in [4.78, 5) is 7.49. The summed E-state index contributed by atoms with van der Waals surface area (Å²) in [5, 5.41) is 2.64. The molecule has 0 saturated carbocycles. The fourth-order valence-electron chi connectivity index (χ4n) is 1.39. The van der Waals surface area contributed by atoms with Gasteiger partial charge in [0, 0.05) is 0 Å². The van der Waals surface area contributed by atoms with Crippen molar-refractivity contribution in [2.45, 2.75) is 6.18 Å². The predicted molar refractivity (Wildman–Crippen MR) is 71.2 cm³/mol. The van der Waals surface area contributed by atoms with E-state index >= 15 is 0 Å². The summed E-state index contributed by atoms with van der Waals surface area (Å²) in [6.07, 6.45) is -3.29. The van der Waals surface area contributed by atoms with Gasteiger partial charge in [-0.25, -0.2) is 9.97 Å². The van der Waals surface area contributed by atoms with Crippen LogP contribution in [0.1, 0.15) is 5.56 Å². The first-order valence-corrected chi connectivity index (χ1v) is 5.94. The third-order valence-electron chi connectivity index (χ3n) is 2.37. The minimum atomic E-state index is -4.46. The van der Waals surface area contributed by atoms with Crippen molar-refractivity contribution in [3.8, 4) is 0 Å². The molecule has 0 spiro atoms. The van der Waals surface area contributed by atoms with Crippen LogP contribution in [0.3, 0.4) is 0 Å². The van der Waals surface area contributed by atoms with Crippen molar-refractivity contribution >= 4 is 40.5 Å². The van der Waals surface area contributed by atoms with Crippen LogP contribution in [-0.4, -0.2) is 9.97 Å². The smallest absolute Gasteiger partial charge is 0.382 e. The van der Waals surface area contributed by atoms with Crippen LogP contribution in [0.25, 0.3) is 0 Å². The fraction of sp³-hybridized carbons (Fsp3) is 0.0909. The lowest BCUT2D eigenvalue weighted by Gasteiger charge is -2.12. The molecule has 3 N–H and O–H groups in total. The van der Waals surface area contributed by atoms with Gasteiger partial charge in [-0.15, -0.1) is 0 Å². The van der Waals surface area contributed by atoms with Gasteiger partial charge in [-0.05, 0) is 18.2 Å². The van der Waals surface area contributed by atoms with Gasteiger partial charge in [-0.1, -0.05) is 23.2 Å². The number of benzene rings is 1. The van der Waals surface area contributed by atoms with Gasteiger partial charge in [-0.2, -0.15) is 13.2 Å². The maximum Gasteiger partial charge on any atom is 0.416 e. The number of aromatic nitrogens is 2. The first kappa shape index (κ1) is 14.7. The second kappa shape index (κ2) is 5.34. The van der Waals surface area contributed by atoms with Gasteiger partial charge >= 0.3 is 6.18 Å². The molecule has 1 aromatic heterocycles. The Kier molecular flexibility index (Phi) is 3.92. The van der Waals surface area contributed by atoms with Crippen LogP contribution in [0.5, 0.6) is 0 Å². The van der Waals surface area contributed by atoms with Crippen LogP contribution in [-0.2, 0) is 6.18 Å². The van der Waals surface area contributed by atoms with E-state index in [1.54, 1.807) is 0 Å². The third kappa shape index (κ3) is 3.05. The molecule has 0 aliphatic heterocycles. The van der Waals surface area contributed by atoms with Crippen molar-refractivity contribution in [1.82, 2.24) is 9.97 Å². The van der Waals surface area contributed by atoms with Gasteiger partial charge in [0.15, 0.2) is 5.82 Å². The maximum atomic E-state index is 12.5. The number of anilines is 3. The highest BCUT2D eigenvalue weighted by atomic mass is 35.5. The summed E-state index contributed by atoms with van der Waals surface area (Å²) in [6.45, 7) is 0. The lowest BCUT2D eigenvalue weighted by Crippen LogP contribution is -2.05. The number of nitrogens with one attached hydrogen (secondary N) is 1. The van der Waals surface area contributed by atoms with Gasteiger partial charge < -0.3 is 11.1 Å². The van der Waals surface area contributed by atoms with Gasteiger partial charge in [0.05, 0.1) is 16.3 Å². The predicted octanol–water partition coefficient (Wildman–Crippen LogP) is 4.13. The number of halogens is 5. The zero-order valence-corrected chi connectivity index (χ0v) is 11.2. The molecule has 2 rings (SSSR count). The summed E-state index contributed by atoms with van der Waals surface area (Å²) < 4.78 is 37.5.